The molecule has 1 amide bonds. The molecule has 0 unspecified atom stereocenters. The minimum Gasteiger partial charge on any atom is -0.399 e. The molecule has 2 N–H and O–H groups in total. The van der Waals surface area contributed by atoms with E-state index in [1.807, 2.05) is 30.1 Å². The molecular weight excluding hydrogens is 272 g/mol. The Kier molecular flexibility index (Phi) is 6.34. The van der Waals surface area contributed by atoms with E-state index >= 15 is 0 Å². The Bertz CT molecular complexity index is 442. The van der Waals surface area contributed by atoms with Gasteiger partial charge in [0.25, 0.3) is 5.91 Å². The molecule has 1 aromatic carbocycles. The zero-order valence-electron chi connectivity index (χ0n) is 12.3. The summed E-state index contributed by atoms with van der Waals surface area (Å²) in [7, 11) is 1.92. The predicted octanol–water partition coefficient (Wildman–Crippen LogP) is 3.73. The summed E-state index contributed by atoms with van der Waals surface area (Å²) in [4.78, 5) is 14.3. The second-order valence-electron chi connectivity index (χ2n) is 5.62. The molecule has 2 rings (SSSR count). The van der Waals surface area contributed by atoms with Gasteiger partial charge < -0.3 is 10.6 Å². The average molecular weight is 297 g/mol. The number of halogens is 1. The molecule has 1 fully saturated rings. The standard InChI is InChI=1S/C16H24N2O.ClH/c1-3-12-7-9-15(10-8-12)18(2)16(19)13-5-4-6-14(17)11-13;/h4-6,11-12,15H,3,7-10,17H2,1-2H3;1H. The fraction of sp³-hybridized carbons (Fsp3) is 0.562. The lowest BCUT2D eigenvalue weighted by Crippen LogP contribution is -2.39. The first-order valence-electron chi connectivity index (χ1n) is 7.24. The van der Waals surface area contributed by atoms with E-state index in [1.54, 1.807) is 6.07 Å². The zero-order chi connectivity index (χ0) is 13.8. The number of carbonyl (C=O) groups is 1. The van der Waals surface area contributed by atoms with Crippen molar-refractivity contribution in [1.82, 2.24) is 4.90 Å². The monoisotopic (exact) mass is 296 g/mol. The van der Waals surface area contributed by atoms with Crippen LogP contribution in [-0.2, 0) is 0 Å². The molecule has 0 radical (unpaired) electrons. The van der Waals surface area contributed by atoms with E-state index < -0.39 is 0 Å². The Morgan fingerprint density at radius 2 is 1.95 bits per heavy atom. The van der Waals surface area contributed by atoms with Gasteiger partial charge in [0, 0.05) is 24.3 Å². The van der Waals surface area contributed by atoms with Crippen molar-refractivity contribution in [1.29, 1.82) is 0 Å². The molecule has 1 aromatic rings. The van der Waals surface area contributed by atoms with Gasteiger partial charge >= 0.3 is 0 Å². The fourth-order valence-corrected chi connectivity index (χ4v) is 2.98. The molecule has 0 atom stereocenters. The third-order valence-corrected chi connectivity index (χ3v) is 4.40. The molecule has 4 heteroatoms. The molecule has 112 valence electrons. The van der Waals surface area contributed by atoms with E-state index in [-0.39, 0.29) is 18.3 Å². The number of rotatable bonds is 3. The van der Waals surface area contributed by atoms with Crippen LogP contribution >= 0.6 is 12.4 Å². The van der Waals surface area contributed by atoms with Crippen LogP contribution in [0.2, 0.25) is 0 Å². The molecule has 0 bridgehead atoms. The maximum atomic E-state index is 12.4. The molecule has 1 saturated carbocycles. The number of amides is 1. The van der Waals surface area contributed by atoms with Crippen molar-refractivity contribution < 1.29 is 4.79 Å². The summed E-state index contributed by atoms with van der Waals surface area (Å²) in [6, 6.07) is 7.63. The summed E-state index contributed by atoms with van der Waals surface area (Å²) in [6.45, 7) is 2.26. The van der Waals surface area contributed by atoms with Gasteiger partial charge in [-0.2, -0.15) is 0 Å². The lowest BCUT2D eigenvalue weighted by Gasteiger charge is -2.34. The van der Waals surface area contributed by atoms with Crippen LogP contribution in [0.15, 0.2) is 24.3 Å². The van der Waals surface area contributed by atoms with Crippen molar-refractivity contribution in [2.45, 2.75) is 45.1 Å². The molecule has 3 nitrogen and oxygen atoms in total. The van der Waals surface area contributed by atoms with Crippen LogP contribution in [0, 0.1) is 5.92 Å². The zero-order valence-corrected chi connectivity index (χ0v) is 13.2. The van der Waals surface area contributed by atoms with E-state index in [1.165, 1.54) is 19.3 Å². The smallest absolute Gasteiger partial charge is 0.253 e. The van der Waals surface area contributed by atoms with Crippen molar-refractivity contribution in [2.24, 2.45) is 5.92 Å². The van der Waals surface area contributed by atoms with E-state index in [0.717, 1.165) is 18.8 Å². The fourth-order valence-electron chi connectivity index (χ4n) is 2.98. The van der Waals surface area contributed by atoms with Crippen LogP contribution in [0.25, 0.3) is 0 Å². The van der Waals surface area contributed by atoms with Gasteiger partial charge in [-0.3, -0.25) is 4.79 Å². The number of hydrogen-bond acceptors (Lipinski definition) is 2. The quantitative estimate of drug-likeness (QED) is 0.864. The molecule has 1 aliphatic rings. The first-order chi connectivity index (χ1) is 9.11. The molecule has 0 aromatic heterocycles. The second kappa shape index (κ2) is 7.53. The molecule has 0 spiro atoms. The Morgan fingerprint density at radius 3 is 2.50 bits per heavy atom. The molecule has 1 aliphatic carbocycles. The van der Waals surface area contributed by atoms with Crippen LogP contribution < -0.4 is 5.73 Å². The summed E-state index contributed by atoms with van der Waals surface area (Å²) in [6.07, 6.45) is 6.01. The van der Waals surface area contributed by atoms with Gasteiger partial charge in [-0.1, -0.05) is 19.4 Å². The van der Waals surface area contributed by atoms with Gasteiger partial charge in [0.15, 0.2) is 0 Å². The van der Waals surface area contributed by atoms with Crippen molar-refractivity contribution in [3.63, 3.8) is 0 Å². The summed E-state index contributed by atoms with van der Waals surface area (Å²) >= 11 is 0. The second-order valence-corrected chi connectivity index (χ2v) is 5.62. The molecule has 0 heterocycles. The number of hydrogen-bond donors (Lipinski definition) is 1. The first kappa shape index (κ1) is 16.8. The lowest BCUT2D eigenvalue weighted by molar-refractivity contribution is 0.0675. The third kappa shape index (κ3) is 3.89. The summed E-state index contributed by atoms with van der Waals surface area (Å²) in [5.74, 6) is 0.944. The van der Waals surface area contributed by atoms with Crippen molar-refractivity contribution >= 4 is 24.0 Å². The van der Waals surface area contributed by atoms with Crippen LogP contribution in [0.4, 0.5) is 5.69 Å². The number of carbonyl (C=O) groups excluding carboxylic acids is 1. The van der Waals surface area contributed by atoms with Crippen LogP contribution in [0.5, 0.6) is 0 Å². The maximum absolute atomic E-state index is 12.4. The van der Waals surface area contributed by atoms with Crippen molar-refractivity contribution in [3.05, 3.63) is 29.8 Å². The van der Waals surface area contributed by atoms with E-state index in [4.69, 9.17) is 5.73 Å². The van der Waals surface area contributed by atoms with Gasteiger partial charge in [-0.25, -0.2) is 0 Å². The number of nitrogen functional groups attached to an aromatic ring is 1. The van der Waals surface area contributed by atoms with Crippen molar-refractivity contribution in [2.75, 3.05) is 12.8 Å². The van der Waals surface area contributed by atoms with Crippen LogP contribution in [-0.4, -0.2) is 23.9 Å². The number of anilines is 1. The highest BCUT2D eigenvalue weighted by molar-refractivity contribution is 5.95. The molecule has 0 aliphatic heterocycles. The van der Waals surface area contributed by atoms with Gasteiger partial charge in [0.05, 0.1) is 0 Å². The minimum atomic E-state index is 0. The van der Waals surface area contributed by atoms with Crippen LogP contribution in [0.1, 0.15) is 49.4 Å². The Balaban J connectivity index is 0.00000200. The summed E-state index contributed by atoms with van der Waals surface area (Å²) < 4.78 is 0. The highest BCUT2D eigenvalue weighted by atomic mass is 35.5. The van der Waals surface area contributed by atoms with E-state index in [0.29, 0.717) is 17.3 Å². The SMILES string of the molecule is CCC1CCC(N(C)C(=O)c2cccc(N)c2)CC1.Cl. The molecule has 0 saturated heterocycles. The Labute approximate surface area is 127 Å². The van der Waals surface area contributed by atoms with Gasteiger partial charge in [-0.15, -0.1) is 12.4 Å². The number of nitrogens with zero attached hydrogens (tertiary/aromatic N) is 1. The maximum Gasteiger partial charge on any atom is 0.253 e. The van der Waals surface area contributed by atoms with Crippen LogP contribution in [0.3, 0.4) is 0 Å². The Hall–Kier alpha value is -1.22. The van der Waals surface area contributed by atoms with E-state index in [2.05, 4.69) is 6.92 Å². The molecular formula is C16H25ClN2O. The Morgan fingerprint density at radius 1 is 1.30 bits per heavy atom. The van der Waals surface area contributed by atoms with E-state index in [9.17, 15) is 4.79 Å². The third-order valence-electron chi connectivity index (χ3n) is 4.40. The van der Waals surface area contributed by atoms with Gasteiger partial charge in [0.1, 0.15) is 0 Å². The van der Waals surface area contributed by atoms with Crippen molar-refractivity contribution in [3.8, 4) is 0 Å². The minimum absolute atomic E-state index is 0. The predicted molar refractivity (Wildman–Crippen MR) is 86.2 cm³/mol. The van der Waals surface area contributed by atoms with Gasteiger partial charge in [-0.05, 0) is 49.8 Å². The first-order valence-corrected chi connectivity index (χ1v) is 7.24. The largest absolute Gasteiger partial charge is 0.399 e. The lowest BCUT2D eigenvalue weighted by atomic mass is 9.84. The molecule has 20 heavy (non-hydrogen) atoms. The summed E-state index contributed by atoms with van der Waals surface area (Å²) in [5, 5.41) is 0. The highest BCUT2D eigenvalue weighted by Gasteiger charge is 2.26. The normalized spacial score (nSPS) is 21.9. The topological polar surface area (TPSA) is 46.3 Å². The average Bonchev–Trinajstić information content (AvgIpc) is 2.46. The number of benzene rings is 1. The number of nitrogens with two attached hydrogens (primary N) is 1. The van der Waals surface area contributed by atoms with Gasteiger partial charge in [0.2, 0.25) is 0 Å². The summed E-state index contributed by atoms with van der Waals surface area (Å²) in [5.41, 5.74) is 7.08. The highest BCUT2D eigenvalue weighted by Crippen LogP contribution is 2.29.